The number of benzene rings is 2. The summed E-state index contributed by atoms with van der Waals surface area (Å²) < 4.78 is 5.90. The maximum Gasteiger partial charge on any atom is 0.135 e. The lowest BCUT2D eigenvalue weighted by molar-refractivity contribution is 0.629. The lowest BCUT2D eigenvalue weighted by Gasteiger charge is -2.11. The first-order valence-corrected chi connectivity index (χ1v) is 7.02. The molecule has 0 saturated heterocycles. The molecule has 0 aliphatic carbocycles. The summed E-state index contributed by atoms with van der Waals surface area (Å²) in [6, 6.07) is 16.4. The fraction of sp³-hybridized carbons (Fsp3) is 0.176. The van der Waals surface area contributed by atoms with Crippen LogP contribution in [0.5, 0.6) is 0 Å². The zero-order chi connectivity index (χ0) is 14.1. The highest BCUT2D eigenvalue weighted by Crippen LogP contribution is 2.30. The zero-order valence-electron chi connectivity index (χ0n) is 11.5. The largest absolute Gasteiger partial charge is 0.456 e. The average molecular weight is 286 g/mol. The van der Waals surface area contributed by atoms with Crippen molar-refractivity contribution < 1.29 is 4.42 Å². The molecule has 1 atom stereocenters. The third-order valence-electron chi connectivity index (χ3n) is 3.58. The second kappa shape index (κ2) is 5.31. The first-order chi connectivity index (χ1) is 9.67. The Bertz CT molecular complexity index is 748. The van der Waals surface area contributed by atoms with Gasteiger partial charge in [0.25, 0.3) is 0 Å². The summed E-state index contributed by atoms with van der Waals surface area (Å²) in [5.41, 5.74) is 3.18. The van der Waals surface area contributed by atoms with Crippen LogP contribution in [0.2, 0.25) is 5.02 Å². The number of fused-ring (bicyclic) bond motifs is 1. The molecule has 2 aromatic carbocycles. The van der Waals surface area contributed by atoms with Crippen molar-refractivity contribution in [2.24, 2.45) is 0 Å². The van der Waals surface area contributed by atoms with Crippen LogP contribution in [0, 0.1) is 0 Å². The van der Waals surface area contributed by atoms with Crippen LogP contribution in [0.25, 0.3) is 22.3 Å². The molecule has 102 valence electrons. The van der Waals surface area contributed by atoms with Crippen LogP contribution in [0.15, 0.2) is 52.9 Å². The summed E-state index contributed by atoms with van der Waals surface area (Å²) in [6.07, 6.45) is 0. The molecule has 1 unspecified atom stereocenters. The van der Waals surface area contributed by atoms with Crippen LogP contribution in [-0.4, -0.2) is 7.05 Å². The Labute approximate surface area is 123 Å². The minimum atomic E-state index is 0.314. The van der Waals surface area contributed by atoms with Gasteiger partial charge in [0.15, 0.2) is 0 Å². The van der Waals surface area contributed by atoms with Crippen LogP contribution >= 0.6 is 11.6 Å². The van der Waals surface area contributed by atoms with Gasteiger partial charge in [0.1, 0.15) is 11.3 Å². The van der Waals surface area contributed by atoms with Gasteiger partial charge in [0, 0.05) is 22.0 Å². The molecular formula is C17H16ClNO. The Balaban J connectivity index is 2.06. The van der Waals surface area contributed by atoms with Crippen LogP contribution in [0.3, 0.4) is 0 Å². The molecule has 3 rings (SSSR count). The van der Waals surface area contributed by atoms with Gasteiger partial charge in [0.05, 0.1) is 0 Å². The highest BCUT2D eigenvalue weighted by molar-refractivity contribution is 6.31. The number of nitrogens with one attached hydrogen (secondary N) is 1. The lowest BCUT2D eigenvalue weighted by atomic mass is 10.0. The lowest BCUT2D eigenvalue weighted by Crippen LogP contribution is -2.11. The van der Waals surface area contributed by atoms with Crippen molar-refractivity contribution in [3.8, 4) is 11.3 Å². The van der Waals surface area contributed by atoms with Crippen molar-refractivity contribution in [1.82, 2.24) is 5.32 Å². The molecule has 2 nitrogen and oxygen atoms in total. The predicted octanol–water partition coefficient (Wildman–Crippen LogP) is 5.03. The van der Waals surface area contributed by atoms with E-state index >= 15 is 0 Å². The second-order valence-corrected chi connectivity index (χ2v) is 5.37. The number of hydrogen-bond acceptors (Lipinski definition) is 2. The monoisotopic (exact) mass is 285 g/mol. The minimum absolute atomic E-state index is 0.314. The molecular weight excluding hydrogens is 270 g/mol. The molecule has 1 aromatic heterocycles. The van der Waals surface area contributed by atoms with E-state index in [9.17, 15) is 0 Å². The van der Waals surface area contributed by atoms with E-state index in [4.69, 9.17) is 16.0 Å². The van der Waals surface area contributed by atoms with Gasteiger partial charge in [-0.2, -0.15) is 0 Å². The second-order valence-electron chi connectivity index (χ2n) is 4.93. The van der Waals surface area contributed by atoms with Crippen LogP contribution in [0.4, 0.5) is 0 Å². The molecule has 0 aliphatic heterocycles. The van der Waals surface area contributed by atoms with Gasteiger partial charge >= 0.3 is 0 Å². The van der Waals surface area contributed by atoms with E-state index in [1.807, 2.05) is 31.3 Å². The number of furan rings is 1. The van der Waals surface area contributed by atoms with Crippen molar-refractivity contribution in [3.63, 3.8) is 0 Å². The Kier molecular flexibility index (Phi) is 3.51. The van der Waals surface area contributed by atoms with Gasteiger partial charge in [-0.1, -0.05) is 29.8 Å². The third-order valence-corrected chi connectivity index (χ3v) is 3.82. The highest BCUT2D eigenvalue weighted by atomic mass is 35.5. The molecule has 3 heteroatoms. The van der Waals surface area contributed by atoms with Gasteiger partial charge in [0.2, 0.25) is 0 Å². The van der Waals surface area contributed by atoms with E-state index in [-0.39, 0.29) is 0 Å². The van der Waals surface area contributed by atoms with Gasteiger partial charge in [-0.25, -0.2) is 0 Å². The molecule has 1 N–H and O–H groups in total. The number of rotatable bonds is 3. The smallest absolute Gasteiger partial charge is 0.135 e. The van der Waals surface area contributed by atoms with Gasteiger partial charge in [-0.05, 0) is 49.9 Å². The van der Waals surface area contributed by atoms with Crippen molar-refractivity contribution in [1.29, 1.82) is 0 Å². The quantitative estimate of drug-likeness (QED) is 0.730. The van der Waals surface area contributed by atoms with E-state index in [1.54, 1.807) is 0 Å². The Morgan fingerprint density at radius 3 is 2.75 bits per heavy atom. The molecule has 0 spiro atoms. The van der Waals surface area contributed by atoms with Crippen molar-refractivity contribution in [2.75, 3.05) is 7.05 Å². The summed E-state index contributed by atoms with van der Waals surface area (Å²) in [4.78, 5) is 0. The van der Waals surface area contributed by atoms with Gasteiger partial charge in [-0.3, -0.25) is 0 Å². The summed E-state index contributed by atoms with van der Waals surface area (Å²) in [5, 5.41) is 5.00. The zero-order valence-corrected chi connectivity index (χ0v) is 12.2. The molecule has 0 amide bonds. The summed E-state index contributed by atoms with van der Waals surface area (Å²) >= 11 is 6.01. The van der Waals surface area contributed by atoms with E-state index in [2.05, 4.69) is 36.5 Å². The maximum atomic E-state index is 6.01. The molecule has 0 radical (unpaired) electrons. The van der Waals surface area contributed by atoms with Crippen LogP contribution < -0.4 is 5.32 Å². The predicted molar refractivity (Wildman–Crippen MR) is 84.1 cm³/mol. The van der Waals surface area contributed by atoms with E-state index in [0.717, 1.165) is 27.3 Å². The van der Waals surface area contributed by atoms with E-state index in [1.165, 1.54) is 5.56 Å². The fourth-order valence-electron chi connectivity index (χ4n) is 2.28. The van der Waals surface area contributed by atoms with Crippen molar-refractivity contribution >= 4 is 22.6 Å². The third kappa shape index (κ3) is 2.45. The molecule has 0 aliphatic rings. The Morgan fingerprint density at radius 2 is 1.95 bits per heavy atom. The Hall–Kier alpha value is -1.77. The fourth-order valence-corrected chi connectivity index (χ4v) is 2.46. The molecule has 1 heterocycles. The summed E-state index contributed by atoms with van der Waals surface area (Å²) in [7, 11) is 1.96. The Morgan fingerprint density at radius 1 is 1.10 bits per heavy atom. The standard InChI is InChI=1S/C17H16ClNO/c1-11(19-2)12-4-3-5-13(8-12)17-10-14-9-15(18)6-7-16(14)20-17/h3-11,19H,1-2H3. The van der Waals surface area contributed by atoms with Crippen molar-refractivity contribution in [3.05, 3.63) is 59.1 Å². The van der Waals surface area contributed by atoms with E-state index < -0.39 is 0 Å². The van der Waals surface area contributed by atoms with Crippen molar-refractivity contribution in [2.45, 2.75) is 13.0 Å². The summed E-state index contributed by atoms with van der Waals surface area (Å²) in [5.74, 6) is 0.868. The minimum Gasteiger partial charge on any atom is -0.456 e. The SMILES string of the molecule is CNC(C)c1cccc(-c2cc3cc(Cl)ccc3o2)c1. The van der Waals surface area contributed by atoms with E-state index in [0.29, 0.717) is 6.04 Å². The number of hydrogen-bond donors (Lipinski definition) is 1. The molecule has 0 saturated carbocycles. The number of halogens is 1. The summed E-state index contributed by atoms with van der Waals surface area (Å²) in [6.45, 7) is 2.14. The average Bonchev–Trinajstić information content (AvgIpc) is 2.89. The molecule has 20 heavy (non-hydrogen) atoms. The molecule has 0 bridgehead atoms. The van der Waals surface area contributed by atoms with Crippen LogP contribution in [-0.2, 0) is 0 Å². The van der Waals surface area contributed by atoms with Crippen LogP contribution in [0.1, 0.15) is 18.5 Å². The molecule has 3 aromatic rings. The maximum absolute atomic E-state index is 6.01. The van der Waals surface area contributed by atoms with Gasteiger partial charge < -0.3 is 9.73 Å². The highest BCUT2D eigenvalue weighted by Gasteiger charge is 2.09. The van der Waals surface area contributed by atoms with Gasteiger partial charge in [-0.15, -0.1) is 0 Å². The first-order valence-electron chi connectivity index (χ1n) is 6.64. The topological polar surface area (TPSA) is 25.2 Å². The molecule has 0 fully saturated rings. The first kappa shape index (κ1) is 13.2. The normalized spacial score (nSPS) is 12.8.